The lowest BCUT2D eigenvalue weighted by molar-refractivity contribution is 0.731. The van der Waals surface area contributed by atoms with Gasteiger partial charge in [0, 0.05) is 23.6 Å². The van der Waals surface area contributed by atoms with Crippen LogP contribution in [0.3, 0.4) is 0 Å². The van der Waals surface area contributed by atoms with E-state index in [2.05, 4.69) is 43.4 Å². The summed E-state index contributed by atoms with van der Waals surface area (Å²) in [5.74, 6) is 1.21. The van der Waals surface area contributed by atoms with Gasteiger partial charge in [-0.15, -0.1) is 11.8 Å². The molecule has 0 aliphatic rings. The number of nitrogens with two attached hydrogens (primary N) is 1. The number of aryl methyl sites for hydroxylation is 1. The van der Waals surface area contributed by atoms with Gasteiger partial charge in [0.2, 0.25) is 0 Å². The van der Waals surface area contributed by atoms with Gasteiger partial charge < -0.3 is 5.73 Å². The van der Waals surface area contributed by atoms with Gasteiger partial charge in [0.15, 0.2) is 0 Å². The highest BCUT2D eigenvalue weighted by atomic mass is 32.2. The predicted molar refractivity (Wildman–Crippen MR) is 83.5 cm³/mol. The summed E-state index contributed by atoms with van der Waals surface area (Å²) >= 11 is 1.77. The summed E-state index contributed by atoms with van der Waals surface area (Å²) in [7, 11) is 1.87. The quantitative estimate of drug-likeness (QED) is 0.860. The molecule has 0 aliphatic carbocycles. The fraction of sp³-hybridized carbons (Fsp3) is 0.400. The molecule has 2 N–H and O–H groups in total. The van der Waals surface area contributed by atoms with Crippen molar-refractivity contribution in [1.29, 1.82) is 0 Å². The lowest BCUT2D eigenvalue weighted by Crippen LogP contribution is -1.98. The first-order valence-electron chi connectivity index (χ1n) is 6.54. The van der Waals surface area contributed by atoms with E-state index in [4.69, 9.17) is 5.73 Å². The van der Waals surface area contributed by atoms with Crippen LogP contribution in [-0.2, 0) is 7.05 Å². The van der Waals surface area contributed by atoms with Crippen LogP contribution in [0.15, 0.2) is 29.2 Å². The Morgan fingerprint density at radius 3 is 2.63 bits per heavy atom. The molecule has 3 nitrogen and oxygen atoms in total. The van der Waals surface area contributed by atoms with Gasteiger partial charge in [0.1, 0.15) is 5.82 Å². The summed E-state index contributed by atoms with van der Waals surface area (Å²) in [5.41, 5.74) is 9.40. The average Bonchev–Trinajstić information content (AvgIpc) is 2.77. The number of anilines is 1. The summed E-state index contributed by atoms with van der Waals surface area (Å²) in [5, 5.41) is 4.50. The van der Waals surface area contributed by atoms with Crippen molar-refractivity contribution in [2.24, 2.45) is 7.05 Å². The van der Waals surface area contributed by atoms with E-state index in [0.29, 0.717) is 11.7 Å². The van der Waals surface area contributed by atoms with Crippen LogP contribution in [-0.4, -0.2) is 16.0 Å². The summed E-state index contributed by atoms with van der Waals surface area (Å²) < 4.78 is 1.72. The number of hydrogen-bond acceptors (Lipinski definition) is 3. The zero-order chi connectivity index (χ0) is 14.0. The third-order valence-corrected chi connectivity index (χ3v) is 4.32. The first-order chi connectivity index (χ1) is 9.06. The number of hydrogen-bond donors (Lipinski definition) is 1. The normalized spacial score (nSPS) is 12.6. The van der Waals surface area contributed by atoms with Crippen LogP contribution in [0, 0.1) is 0 Å². The Balaban J connectivity index is 2.55. The molecule has 1 aromatic heterocycles. The standard InChI is InChI=1S/C15H21N3S/c1-5-10(2)13-8-11(19-4)6-7-12(13)14-9-15(16)18(3)17-14/h6-10H,5,16H2,1-4H3. The van der Waals surface area contributed by atoms with E-state index in [9.17, 15) is 0 Å². The Kier molecular flexibility index (Phi) is 4.20. The van der Waals surface area contributed by atoms with Crippen molar-refractivity contribution in [3.8, 4) is 11.3 Å². The third kappa shape index (κ3) is 2.78. The summed E-state index contributed by atoms with van der Waals surface area (Å²) in [6, 6.07) is 8.53. The third-order valence-electron chi connectivity index (χ3n) is 3.59. The molecule has 102 valence electrons. The molecule has 0 radical (unpaired) electrons. The second kappa shape index (κ2) is 5.70. The highest BCUT2D eigenvalue weighted by Gasteiger charge is 2.14. The van der Waals surface area contributed by atoms with Crippen LogP contribution >= 0.6 is 11.8 Å². The zero-order valence-corrected chi connectivity index (χ0v) is 12.8. The van der Waals surface area contributed by atoms with E-state index in [0.717, 1.165) is 12.1 Å². The van der Waals surface area contributed by atoms with Crippen LogP contribution in [0.4, 0.5) is 5.82 Å². The van der Waals surface area contributed by atoms with Crippen molar-refractivity contribution in [3.05, 3.63) is 29.8 Å². The molecular weight excluding hydrogens is 254 g/mol. The van der Waals surface area contributed by atoms with Crippen molar-refractivity contribution in [1.82, 2.24) is 9.78 Å². The van der Waals surface area contributed by atoms with Gasteiger partial charge in [0.05, 0.1) is 5.69 Å². The van der Waals surface area contributed by atoms with Gasteiger partial charge >= 0.3 is 0 Å². The Morgan fingerprint density at radius 2 is 2.11 bits per heavy atom. The first-order valence-corrected chi connectivity index (χ1v) is 7.77. The van der Waals surface area contributed by atoms with Gasteiger partial charge in [-0.25, -0.2) is 0 Å². The SMILES string of the molecule is CCC(C)c1cc(SC)ccc1-c1cc(N)n(C)n1. The number of rotatable bonds is 4. The molecule has 1 atom stereocenters. The molecule has 0 saturated heterocycles. The number of nitrogen functional groups attached to an aromatic ring is 1. The van der Waals surface area contributed by atoms with Gasteiger partial charge in [-0.05, 0) is 36.3 Å². The minimum atomic E-state index is 0.519. The fourth-order valence-corrected chi connectivity index (χ4v) is 2.59. The highest BCUT2D eigenvalue weighted by molar-refractivity contribution is 7.98. The molecule has 1 unspecified atom stereocenters. The maximum absolute atomic E-state index is 5.89. The van der Waals surface area contributed by atoms with E-state index in [1.165, 1.54) is 16.0 Å². The van der Waals surface area contributed by atoms with Crippen molar-refractivity contribution >= 4 is 17.6 Å². The van der Waals surface area contributed by atoms with E-state index in [1.807, 2.05) is 13.1 Å². The Morgan fingerprint density at radius 1 is 1.37 bits per heavy atom. The second-order valence-electron chi connectivity index (χ2n) is 4.84. The van der Waals surface area contributed by atoms with Crippen molar-refractivity contribution in [3.63, 3.8) is 0 Å². The maximum atomic E-state index is 5.89. The molecule has 0 amide bonds. The highest BCUT2D eigenvalue weighted by Crippen LogP contribution is 2.33. The van der Waals surface area contributed by atoms with E-state index in [1.54, 1.807) is 16.4 Å². The van der Waals surface area contributed by atoms with Crippen molar-refractivity contribution in [2.75, 3.05) is 12.0 Å². The van der Waals surface area contributed by atoms with Gasteiger partial charge in [-0.1, -0.05) is 19.9 Å². The monoisotopic (exact) mass is 275 g/mol. The number of aromatic nitrogens is 2. The van der Waals surface area contributed by atoms with Crippen LogP contribution in [0.2, 0.25) is 0 Å². The number of thioether (sulfide) groups is 1. The minimum Gasteiger partial charge on any atom is -0.384 e. The molecule has 1 aromatic carbocycles. The first kappa shape index (κ1) is 14.0. The van der Waals surface area contributed by atoms with Crippen LogP contribution in [0.25, 0.3) is 11.3 Å². The maximum Gasteiger partial charge on any atom is 0.121 e. The van der Waals surface area contributed by atoms with E-state index < -0.39 is 0 Å². The van der Waals surface area contributed by atoms with E-state index in [-0.39, 0.29) is 0 Å². The smallest absolute Gasteiger partial charge is 0.121 e. The van der Waals surface area contributed by atoms with Crippen molar-refractivity contribution < 1.29 is 0 Å². The molecule has 0 aliphatic heterocycles. The van der Waals surface area contributed by atoms with Gasteiger partial charge in [-0.3, -0.25) is 4.68 Å². The topological polar surface area (TPSA) is 43.8 Å². The average molecular weight is 275 g/mol. The molecule has 2 aromatic rings. The fourth-order valence-electron chi connectivity index (χ4n) is 2.14. The molecule has 4 heteroatoms. The Bertz CT molecular complexity index is 555. The molecule has 0 saturated carbocycles. The van der Waals surface area contributed by atoms with Crippen LogP contribution in [0.5, 0.6) is 0 Å². The summed E-state index contributed by atoms with van der Waals surface area (Å²) in [6.45, 7) is 4.47. The zero-order valence-electron chi connectivity index (χ0n) is 12.0. The lowest BCUT2D eigenvalue weighted by Gasteiger charge is -2.15. The van der Waals surface area contributed by atoms with Gasteiger partial charge in [-0.2, -0.15) is 5.10 Å². The number of benzene rings is 1. The summed E-state index contributed by atoms with van der Waals surface area (Å²) in [6.07, 6.45) is 3.22. The molecule has 0 bridgehead atoms. The van der Waals surface area contributed by atoms with E-state index >= 15 is 0 Å². The molecule has 0 fully saturated rings. The minimum absolute atomic E-state index is 0.519. The Labute approximate surface area is 119 Å². The Hall–Kier alpha value is -1.42. The molecule has 2 rings (SSSR count). The van der Waals surface area contributed by atoms with Crippen LogP contribution < -0.4 is 5.73 Å². The molecule has 0 spiro atoms. The molecule has 19 heavy (non-hydrogen) atoms. The largest absolute Gasteiger partial charge is 0.384 e. The second-order valence-corrected chi connectivity index (χ2v) is 5.72. The molecule has 1 heterocycles. The lowest BCUT2D eigenvalue weighted by atomic mass is 9.92. The van der Waals surface area contributed by atoms with Crippen molar-refractivity contribution in [2.45, 2.75) is 31.1 Å². The van der Waals surface area contributed by atoms with Gasteiger partial charge in [0.25, 0.3) is 0 Å². The van der Waals surface area contributed by atoms with Crippen LogP contribution in [0.1, 0.15) is 31.7 Å². The predicted octanol–water partition coefficient (Wildman–Crippen LogP) is 3.90. The summed E-state index contributed by atoms with van der Waals surface area (Å²) in [4.78, 5) is 1.29. The number of nitrogens with zero attached hydrogens (tertiary/aromatic N) is 2. The molecular formula is C15H21N3S.